The fourth-order valence-corrected chi connectivity index (χ4v) is 2.56. The maximum Gasteiger partial charge on any atom is 0.0737 e. The number of ether oxygens (including phenoxy) is 1. The van der Waals surface area contributed by atoms with E-state index in [-0.39, 0.29) is 6.10 Å². The maximum atomic E-state index is 10.3. The Morgan fingerprint density at radius 3 is 2.38 bits per heavy atom. The van der Waals surface area contributed by atoms with E-state index in [1.165, 1.54) is 16.7 Å². The first-order chi connectivity index (χ1) is 7.54. The van der Waals surface area contributed by atoms with Crippen molar-refractivity contribution in [3.8, 4) is 0 Å². The highest BCUT2D eigenvalue weighted by Crippen LogP contribution is 2.38. The molecule has 2 nitrogen and oxygen atoms in total. The zero-order valence-electron chi connectivity index (χ0n) is 10.3. The summed E-state index contributed by atoms with van der Waals surface area (Å²) in [5, 5.41) is 10.3. The molecular weight excluding hydrogens is 200 g/mol. The van der Waals surface area contributed by atoms with E-state index in [4.69, 9.17) is 4.74 Å². The van der Waals surface area contributed by atoms with Crippen molar-refractivity contribution in [2.75, 3.05) is 7.11 Å². The fraction of sp³-hybridized carbons (Fsp3) is 0.571. The fourth-order valence-electron chi connectivity index (χ4n) is 2.56. The number of aliphatic hydroxyl groups is 1. The highest BCUT2D eigenvalue weighted by Gasteiger charge is 2.43. The quantitative estimate of drug-likeness (QED) is 0.847. The van der Waals surface area contributed by atoms with Gasteiger partial charge in [-0.3, -0.25) is 0 Å². The Balaban J connectivity index is 2.10. The van der Waals surface area contributed by atoms with Crippen LogP contribution in [0.2, 0.25) is 0 Å². The minimum atomic E-state index is -0.544. The summed E-state index contributed by atoms with van der Waals surface area (Å²) in [6.07, 6.45) is 2.52. The molecule has 1 N–H and O–H groups in total. The van der Waals surface area contributed by atoms with E-state index in [2.05, 4.69) is 32.0 Å². The monoisotopic (exact) mass is 220 g/mol. The summed E-state index contributed by atoms with van der Waals surface area (Å²) in [6, 6.07) is 6.28. The Hall–Kier alpha value is -0.860. The minimum Gasteiger partial charge on any atom is -0.389 e. The Labute approximate surface area is 97.3 Å². The number of hydrogen-bond donors (Lipinski definition) is 1. The van der Waals surface area contributed by atoms with Gasteiger partial charge in [-0.25, -0.2) is 0 Å². The Morgan fingerprint density at radius 1 is 1.31 bits per heavy atom. The summed E-state index contributed by atoms with van der Waals surface area (Å²) in [7, 11) is 1.71. The van der Waals surface area contributed by atoms with Gasteiger partial charge < -0.3 is 9.84 Å². The predicted molar refractivity (Wildman–Crippen MR) is 64.6 cm³/mol. The average Bonchev–Trinajstić information content (AvgIpc) is 2.20. The molecule has 0 spiro atoms. The van der Waals surface area contributed by atoms with Crippen molar-refractivity contribution in [2.24, 2.45) is 0 Å². The van der Waals surface area contributed by atoms with Crippen LogP contribution in [0.4, 0.5) is 0 Å². The number of aryl methyl sites for hydroxylation is 2. The van der Waals surface area contributed by atoms with Crippen LogP contribution >= 0.6 is 0 Å². The number of hydrogen-bond acceptors (Lipinski definition) is 2. The molecule has 16 heavy (non-hydrogen) atoms. The lowest BCUT2D eigenvalue weighted by Gasteiger charge is -2.43. The van der Waals surface area contributed by atoms with Crippen molar-refractivity contribution in [3.63, 3.8) is 0 Å². The maximum absolute atomic E-state index is 10.3. The zero-order chi connectivity index (χ0) is 11.8. The lowest BCUT2D eigenvalue weighted by molar-refractivity contribution is -0.126. The third kappa shape index (κ3) is 2.13. The highest BCUT2D eigenvalue weighted by molar-refractivity contribution is 5.35. The molecule has 0 amide bonds. The summed E-state index contributed by atoms with van der Waals surface area (Å²) in [5.41, 5.74) is 3.29. The molecule has 1 aliphatic rings. The molecule has 2 rings (SSSR count). The summed E-state index contributed by atoms with van der Waals surface area (Å²) in [5.74, 6) is 0. The largest absolute Gasteiger partial charge is 0.389 e. The predicted octanol–water partition coefficient (Wildman–Crippen LogP) is 2.39. The summed E-state index contributed by atoms with van der Waals surface area (Å²) in [6.45, 7) is 4.22. The van der Waals surface area contributed by atoms with Crippen LogP contribution in [-0.4, -0.2) is 23.9 Å². The molecule has 2 heteroatoms. The van der Waals surface area contributed by atoms with Crippen molar-refractivity contribution in [1.82, 2.24) is 0 Å². The molecule has 1 aromatic carbocycles. The van der Waals surface area contributed by atoms with Gasteiger partial charge in [-0.2, -0.15) is 0 Å². The van der Waals surface area contributed by atoms with Crippen molar-refractivity contribution in [1.29, 1.82) is 0 Å². The Kier molecular flexibility index (Phi) is 3.04. The van der Waals surface area contributed by atoms with Crippen LogP contribution in [0.3, 0.4) is 0 Å². The molecule has 0 aliphatic heterocycles. The summed E-state index contributed by atoms with van der Waals surface area (Å²) < 4.78 is 5.22. The van der Waals surface area contributed by atoms with Gasteiger partial charge in [0.15, 0.2) is 0 Å². The molecule has 0 heterocycles. The van der Waals surface area contributed by atoms with E-state index >= 15 is 0 Å². The molecule has 1 fully saturated rings. The van der Waals surface area contributed by atoms with Crippen LogP contribution in [0.25, 0.3) is 0 Å². The van der Waals surface area contributed by atoms with E-state index in [1.54, 1.807) is 7.11 Å². The lowest BCUT2D eigenvalue weighted by Crippen LogP contribution is -2.49. The van der Waals surface area contributed by atoms with Gasteiger partial charge >= 0.3 is 0 Å². The van der Waals surface area contributed by atoms with Crippen LogP contribution in [-0.2, 0) is 11.2 Å². The second-order valence-electron chi connectivity index (χ2n) is 5.04. The van der Waals surface area contributed by atoms with Crippen LogP contribution in [0.15, 0.2) is 18.2 Å². The minimum absolute atomic E-state index is 0.245. The smallest absolute Gasteiger partial charge is 0.0737 e. The van der Waals surface area contributed by atoms with E-state index < -0.39 is 5.60 Å². The van der Waals surface area contributed by atoms with Gasteiger partial charge in [0.25, 0.3) is 0 Å². The van der Waals surface area contributed by atoms with Crippen LogP contribution in [0, 0.1) is 13.8 Å². The van der Waals surface area contributed by atoms with E-state index in [1.807, 2.05) is 0 Å². The average molecular weight is 220 g/mol. The molecule has 0 radical (unpaired) electrons. The molecule has 0 unspecified atom stereocenters. The normalized spacial score (nSPS) is 28.9. The van der Waals surface area contributed by atoms with Gasteiger partial charge in [-0.05, 0) is 30.5 Å². The first kappa shape index (κ1) is 11.6. The molecule has 0 aromatic heterocycles. The zero-order valence-corrected chi connectivity index (χ0v) is 10.3. The third-order valence-corrected chi connectivity index (χ3v) is 3.70. The first-order valence-electron chi connectivity index (χ1n) is 5.84. The molecule has 0 saturated heterocycles. The Bertz CT molecular complexity index is 358. The van der Waals surface area contributed by atoms with Crippen LogP contribution < -0.4 is 0 Å². The Morgan fingerprint density at radius 2 is 1.88 bits per heavy atom. The van der Waals surface area contributed by atoms with Crippen LogP contribution in [0.1, 0.15) is 29.5 Å². The molecule has 0 atom stereocenters. The van der Waals surface area contributed by atoms with Gasteiger partial charge in [0.05, 0.1) is 11.7 Å². The van der Waals surface area contributed by atoms with Gasteiger partial charge in [-0.1, -0.05) is 18.2 Å². The summed E-state index contributed by atoms with van der Waals surface area (Å²) >= 11 is 0. The molecular formula is C14H20O2. The number of benzene rings is 1. The van der Waals surface area contributed by atoms with Gasteiger partial charge in [0, 0.05) is 26.4 Å². The lowest BCUT2D eigenvalue weighted by atomic mass is 9.72. The van der Waals surface area contributed by atoms with Gasteiger partial charge in [0.1, 0.15) is 0 Å². The van der Waals surface area contributed by atoms with Crippen molar-refractivity contribution in [3.05, 3.63) is 34.9 Å². The van der Waals surface area contributed by atoms with Crippen molar-refractivity contribution < 1.29 is 9.84 Å². The van der Waals surface area contributed by atoms with Gasteiger partial charge in [0.2, 0.25) is 0 Å². The summed E-state index contributed by atoms with van der Waals surface area (Å²) in [4.78, 5) is 0. The molecule has 1 aliphatic carbocycles. The van der Waals surface area contributed by atoms with E-state index in [0.717, 1.165) is 19.3 Å². The molecule has 0 bridgehead atoms. The van der Waals surface area contributed by atoms with E-state index in [9.17, 15) is 5.11 Å². The number of rotatable bonds is 3. The van der Waals surface area contributed by atoms with Crippen molar-refractivity contribution >= 4 is 0 Å². The van der Waals surface area contributed by atoms with Gasteiger partial charge in [-0.15, -0.1) is 0 Å². The molecule has 88 valence electrons. The SMILES string of the molecule is COC1CC(O)(Cc2c(C)cccc2C)C1. The highest BCUT2D eigenvalue weighted by atomic mass is 16.5. The first-order valence-corrected chi connectivity index (χ1v) is 5.84. The second kappa shape index (κ2) is 4.19. The third-order valence-electron chi connectivity index (χ3n) is 3.70. The number of methoxy groups -OCH3 is 1. The second-order valence-corrected chi connectivity index (χ2v) is 5.04. The van der Waals surface area contributed by atoms with Crippen molar-refractivity contribution in [2.45, 2.75) is 44.8 Å². The molecule has 1 aromatic rings. The topological polar surface area (TPSA) is 29.5 Å². The molecule has 1 saturated carbocycles. The standard InChI is InChI=1S/C14H20O2/c1-10-5-4-6-11(2)13(10)9-14(15)7-12(8-14)16-3/h4-6,12,15H,7-9H2,1-3H3. The van der Waals surface area contributed by atoms with E-state index in [0.29, 0.717) is 0 Å². The van der Waals surface area contributed by atoms with Crippen LogP contribution in [0.5, 0.6) is 0 Å².